The Morgan fingerprint density at radius 1 is 1.10 bits per heavy atom. The number of para-hydroxylation sites is 1. The molecule has 0 aliphatic carbocycles. The molecular weight excluding hydrogens is 248 g/mol. The topological polar surface area (TPSA) is 38.1 Å². The van der Waals surface area contributed by atoms with Crippen molar-refractivity contribution in [2.75, 3.05) is 11.9 Å². The van der Waals surface area contributed by atoms with Gasteiger partial charge in [0.2, 0.25) is 0 Å². The number of nitrogens with one attached hydrogen (secondary N) is 1. The van der Waals surface area contributed by atoms with E-state index in [4.69, 9.17) is 4.42 Å². The van der Waals surface area contributed by atoms with Crippen molar-refractivity contribution in [3.63, 3.8) is 0 Å². The van der Waals surface area contributed by atoms with Gasteiger partial charge in [-0.2, -0.15) is 0 Å². The molecule has 0 saturated heterocycles. The summed E-state index contributed by atoms with van der Waals surface area (Å²) in [5, 5.41) is 3.39. The molecule has 1 heterocycles. The average molecular weight is 266 g/mol. The first-order valence-electron chi connectivity index (χ1n) is 6.96. The molecule has 0 fully saturated rings. The van der Waals surface area contributed by atoms with Gasteiger partial charge in [0.05, 0.1) is 0 Å². The Bertz CT molecular complexity index is 689. The lowest BCUT2D eigenvalue weighted by molar-refractivity contribution is 0.523. The number of oxazole rings is 1. The van der Waals surface area contributed by atoms with Crippen LogP contribution in [-0.2, 0) is 6.42 Å². The number of nitrogens with zero attached hydrogens (tertiary/aromatic N) is 1. The number of hydrogen-bond acceptors (Lipinski definition) is 3. The summed E-state index contributed by atoms with van der Waals surface area (Å²) in [5.41, 5.74) is 4.20. The van der Waals surface area contributed by atoms with E-state index in [1.807, 2.05) is 30.3 Å². The molecule has 0 unspecified atom stereocenters. The van der Waals surface area contributed by atoms with Crippen molar-refractivity contribution in [1.29, 1.82) is 0 Å². The molecule has 0 atom stereocenters. The summed E-state index contributed by atoms with van der Waals surface area (Å²) in [4.78, 5) is 4.52. The molecule has 3 heteroatoms. The van der Waals surface area contributed by atoms with E-state index >= 15 is 0 Å². The molecule has 1 N–H and O–H groups in total. The first-order valence-corrected chi connectivity index (χ1v) is 6.96. The highest BCUT2D eigenvalue weighted by atomic mass is 16.3. The van der Waals surface area contributed by atoms with E-state index < -0.39 is 0 Å². The Labute approximate surface area is 118 Å². The smallest absolute Gasteiger partial charge is 0.195 e. The second kappa shape index (κ2) is 5.78. The number of fused-ring (bicyclic) bond motifs is 1. The number of hydrogen-bond donors (Lipinski definition) is 1. The largest absolute Gasteiger partial charge is 0.441 e. The van der Waals surface area contributed by atoms with Gasteiger partial charge in [-0.1, -0.05) is 24.3 Å². The summed E-state index contributed by atoms with van der Waals surface area (Å²) in [5.74, 6) is 0.820. The lowest BCUT2D eigenvalue weighted by Gasteiger charge is -2.04. The first kappa shape index (κ1) is 12.7. The second-order valence-electron chi connectivity index (χ2n) is 4.98. The molecule has 0 saturated carbocycles. The Balaban J connectivity index is 1.55. The van der Waals surface area contributed by atoms with Gasteiger partial charge >= 0.3 is 0 Å². The van der Waals surface area contributed by atoms with Crippen molar-refractivity contribution in [2.45, 2.75) is 19.8 Å². The maximum absolute atomic E-state index is 5.74. The van der Waals surface area contributed by atoms with Crippen molar-refractivity contribution in [3.05, 3.63) is 60.0 Å². The van der Waals surface area contributed by atoms with E-state index in [-0.39, 0.29) is 0 Å². The van der Waals surface area contributed by atoms with E-state index in [1.54, 1.807) is 0 Å². The molecule has 0 bridgehead atoms. The van der Waals surface area contributed by atoms with Crippen LogP contribution in [0.15, 0.2) is 52.9 Å². The third-order valence-electron chi connectivity index (χ3n) is 3.26. The molecule has 3 nitrogen and oxygen atoms in total. The molecule has 0 aliphatic rings. The summed E-state index contributed by atoms with van der Waals surface area (Å²) < 4.78 is 5.74. The van der Waals surface area contributed by atoms with Crippen LogP contribution in [0.2, 0.25) is 0 Å². The molecule has 0 aliphatic heterocycles. The van der Waals surface area contributed by atoms with E-state index in [9.17, 15) is 0 Å². The van der Waals surface area contributed by atoms with Gasteiger partial charge in [0, 0.05) is 18.7 Å². The fourth-order valence-electron chi connectivity index (χ4n) is 2.22. The normalized spacial score (nSPS) is 10.8. The van der Waals surface area contributed by atoms with Crippen molar-refractivity contribution in [3.8, 4) is 0 Å². The zero-order valence-corrected chi connectivity index (χ0v) is 11.6. The van der Waals surface area contributed by atoms with Crippen LogP contribution in [0.1, 0.15) is 17.9 Å². The number of anilines is 1. The Hall–Kier alpha value is -2.29. The Morgan fingerprint density at radius 2 is 1.95 bits per heavy atom. The molecule has 0 radical (unpaired) electrons. The summed E-state index contributed by atoms with van der Waals surface area (Å²) in [6, 6.07) is 16.3. The van der Waals surface area contributed by atoms with Gasteiger partial charge in [-0.25, -0.2) is 4.98 Å². The van der Waals surface area contributed by atoms with E-state index in [0.717, 1.165) is 42.1 Å². The van der Waals surface area contributed by atoms with Crippen LogP contribution in [-0.4, -0.2) is 11.5 Å². The number of benzene rings is 2. The average Bonchev–Trinajstić information content (AvgIpc) is 2.86. The summed E-state index contributed by atoms with van der Waals surface area (Å²) in [7, 11) is 0. The molecule has 3 rings (SSSR count). The molecule has 3 aromatic rings. The van der Waals surface area contributed by atoms with Crippen LogP contribution in [0.5, 0.6) is 0 Å². The van der Waals surface area contributed by atoms with E-state index in [2.05, 4.69) is 35.4 Å². The Kier molecular flexibility index (Phi) is 3.68. The van der Waals surface area contributed by atoms with Crippen molar-refractivity contribution in [2.24, 2.45) is 0 Å². The molecule has 0 amide bonds. The van der Waals surface area contributed by atoms with Gasteiger partial charge in [0.25, 0.3) is 0 Å². The fraction of sp³-hybridized carbons (Fsp3) is 0.235. The minimum absolute atomic E-state index is 0.820. The summed E-state index contributed by atoms with van der Waals surface area (Å²) in [6.45, 7) is 2.99. The Morgan fingerprint density at radius 3 is 2.80 bits per heavy atom. The standard InChI is InChI=1S/C17H18N2O/c1-13-9-10-16-15(12-13)19-17(20-16)8-5-11-18-14-6-3-2-4-7-14/h2-4,6-7,9-10,12,18H,5,8,11H2,1H3. The molecule has 2 aromatic carbocycles. The SMILES string of the molecule is Cc1ccc2oc(CCCNc3ccccc3)nc2c1. The van der Waals surface area contributed by atoms with Crippen molar-refractivity contribution >= 4 is 16.8 Å². The maximum Gasteiger partial charge on any atom is 0.195 e. The third-order valence-corrected chi connectivity index (χ3v) is 3.26. The van der Waals surface area contributed by atoms with E-state index in [0.29, 0.717) is 0 Å². The molecule has 0 spiro atoms. The summed E-state index contributed by atoms with van der Waals surface area (Å²) >= 11 is 0. The number of aromatic nitrogens is 1. The van der Waals surface area contributed by atoms with Crippen molar-refractivity contribution in [1.82, 2.24) is 4.98 Å². The highest BCUT2D eigenvalue weighted by Gasteiger charge is 2.05. The van der Waals surface area contributed by atoms with Gasteiger partial charge in [-0.15, -0.1) is 0 Å². The van der Waals surface area contributed by atoms with Gasteiger partial charge in [0.15, 0.2) is 11.5 Å². The van der Waals surface area contributed by atoms with Gasteiger partial charge in [-0.05, 0) is 43.2 Å². The van der Waals surface area contributed by atoms with Crippen LogP contribution >= 0.6 is 0 Å². The highest BCUT2D eigenvalue weighted by molar-refractivity contribution is 5.73. The van der Waals surface area contributed by atoms with Crippen LogP contribution < -0.4 is 5.32 Å². The fourth-order valence-corrected chi connectivity index (χ4v) is 2.22. The number of rotatable bonds is 5. The predicted molar refractivity (Wildman–Crippen MR) is 82.0 cm³/mol. The minimum Gasteiger partial charge on any atom is -0.441 e. The van der Waals surface area contributed by atoms with Gasteiger partial charge in [-0.3, -0.25) is 0 Å². The van der Waals surface area contributed by atoms with Crippen LogP contribution in [0.25, 0.3) is 11.1 Å². The first-order chi connectivity index (χ1) is 9.81. The predicted octanol–water partition coefficient (Wildman–Crippen LogP) is 4.18. The monoisotopic (exact) mass is 266 g/mol. The van der Waals surface area contributed by atoms with Crippen molar-refractivity contribution < 1.29 is 4.42 Å². The highest BCUT2D eigenvalue weighted by Crippen LogP contribution is 2.17. The van der Waals surface area contributed by atoms with Gasteiger partial charge < -0.3 is 9.73 Å². The van der Waals surface area contributed by atoms with Crippen LogP contribution in [0.4, 0.5) is 5.69 Å². The van der Waals surface area contributed by atoms with E-state index in [1.165, 1.54) is 5.56 Å². The summed E-state index contributed by atoms with van der Waals surface area (Å²) in [6.07, 6.45) is 1.86. The lowest BCUT2D eigenvalue weighted by Crippen LogP contribution is -2.02. The second-order valence-corrected chi connectivity index (χ2v) is 4.98. The van der Waals surface area contributed by atoms with Crippen LogP contribution in [0.3, 0.4) is 0 Å². The molecule has 20 heavy (non-hydrogen) atoms. The maximum atomic E-state index is 5.74. The zero-order valence-electron chi connectivity index (χ0n) is 11.6. The molecular formula is C17H18N2O. The third kappa shape index (κ3) is 2.99. The van der Waals surface area contributed by atoms with Gasteiger partial charge in [0.1, 0.15) is 5.52 Å². The molecule has 1 aromatic heterocycles. The molecule has 102 valence electrons. The minimum atomic E-state index is 0.820. The van der Waals surface area contributed by atoms with Crippen LogP contribution in [0, 0.1) is 6.92 Å². The zero-order chi connectivity index (χ0) is 13.8. The lowest BCUT2D eigenvalue weighted by atomic mass is 10.2. The quantitative estimate of drug-likeness (QED) is 0.704. The number of aryl methyl sites for hydroxylation is 2.